The second-order valence-corrected chi connectivity index (χ2v) is 5.50. The smallest absolute Gasteiger partial charge is 0.287 e. The molecule has 4 aromatic rings. The number of hydrogen-bond donors (Lipinski definition) is 2. The zero-order valence-corrected chi connectivity index (χ0v) is 13.4. The fraction of sp³-hybridized carbons (Fsp3) is 0.105. The normalized spacial score (nSPS) is 10.6. The molecule has 6 nitrogen and oxygen atoms in total. The Labute approximate surface area is 143 Å². The fourth-order valence-electron chi connectivity index (χ4n) is 2.57. The number of carbonyl (C=O) groups is 1. The molecule has 25 heavy (non-hydrogen) atoms. The molecule has 3 aromatic heterocycles. The number of imidazole rings is 1. The van der Waals surface area contributed by atoms with Crippen LogP contribution in [0.3, 0.4) is 0 Å². The number of hydrogen-bond acceptors (Lipinski definition) is 3. The third-order valence-electron chi connectivity index (χ3n) is 3.79. The number of aromatic amines is 1. The van der Waals surface area contributed by atoms with Crippen molar-refractivity contribution in [3.05, 3.63) is 66.2 Å². The van der Waals surface area contributed by atoms with Gasteiger partial charge < -0.3 is 10.3 Å². The largest absolute Gasteiger partial charge is 0.348 e. The van der Waals surface area contributed by atoms with E-state index in [0.717, 1.165) is 22.1 Å². The summed E-state index contributed by atoms with van der Waals surface area (Å²) in [5.41, 5.74) is 3.48. The van der Waals surface area contributed by atoms with E-state index in [1.165, 1.54) is 0 Å². The number of fused-ring (bicyclic) bond motifs is 2. The number of nitrogens with zero attached hydrogens (tertiary/aromatic N) is 3. The van der Waals surface area contributed by atoms with Gasteiger partial charge in [-0.3, -0.25) is 4.79 Å². The van der Waals surface area contributed by atoms with Gasteiger partial charge in [0.25, 0.3) is 5.91 Å². The first-order valence-corrected chi connectivity index (χ1v) is 7.95. The summed E-state index contributed by atoms with van der Waals surface area (Å²) in [6.07, 6.45) is 4.18. The lowest BCUT2D eigenvalue weighted by Crippen LogP contribution is -2.25. The highest BCUT2D eigenvalue weighted by atomic mass is 16.2. The van der Waals surface area contributed by atoms with Crippen molar-refractivity contribution in [1.29, 1.82) is 0 Å². The zero-order valence-electron chi connectivity index (χ0n) is 13.4. The van der Waals surface area contributed by atoms with E-state index in [4.69, 9.17) is 0 Å². The summed E-state index contributed by atoms with van der Waals surface area (Å²) in [5.74, 6) is 6.25. The molecular weight excluding hydrogens is 314 g/mol. The zero-order chi connectivity index (χ0) is 17.1. The van der Waals surface area contributed by atoms with Gasteiger partial charge in [-0.05, 0) is 24.3 Å². The summed E-state index contributed by atoms with van der Waals surface area (Å²) >= 11 is 0. The van der Waals surface area contributed by atoms with Crippen molar-refractivity contribution in [3.8, 4) is 11.8 Å². The maximum Gasteiger partial charge on any atom is 0.287 e. The third kappa shape index (κ3) is 3.08. The first kappa shape index (κ1) is 15.0. The number of pyridine rings is 1. The van der Waals surface area contributed by atoms with Gasteiger partial charge in [0.2, 0.25) is 0 Å². The first-order valence-electron chi connectivity index (χ1n) is 7.95. The number of amides is 1. The van der Waals surface area contributed by atoms with Crippen molar-refractivity contribution in [2.45, 2.75) is 6.42 Å². The number of para-hydroxylation sites is 2. The van der Waals surface area contributed by atoms with Crippen molar-refractivity contribution in [2.75, 3.05) is 6.54 Å². The summed E-state index contributed by atoms with van der Waals surface area (Å²) in [7, 11) is 0. The van der Waals surface area contributed by atoms with Crippen LogP contribution in [0.5, 0.6) is 0 Å². The molecule has 0 atom stereocenters. The van der Waals surface area contributed by atoms with Crippen LogP contribution < -0.4 is 5.32 Å². The molecule has 0 fully saturated rings. The summed E-state index contributed by atoms with van der Waals surface area (Å²) in [6.45, 7) is 0.460. The van der Waals surface area contributed by atoms with Gasteiger partial charge in [0.1, 0.15) is 0 Å². The van der Waals surface area contributed by atoms with Crippen molar-refractivity contribution in [3.63, 3.8) is 0 Å². The average Bonchev–Trinajstić information content (AvgIpc) is 3.25. The first-order chi connectivity index (χ1) is 12.3. The number of benzene rings is 1. The van der Waals surface area contributed by atoms with Crippen molar-refractivity contribution < 1.29 is 4.79 Å². The molecule has 4 rings (SSSR count). The van der Waals surface area contributed by atoms with Gasteiger partial charge in [-0.25, -0.2) is 9.50 Å². The maximum atomic E-state index is 12.1. The van der Waals surface area contributed by atoms with Crippen LogP contribution >= 0.6 is 0 Å². The minimum atomic E-state index is -0.228. The standard InChI is InChI=1S/C19H15N5O/c25-19(18-22-15-8-1-2-9-16(15)23-18)20-11-5-3-7-14-13-21-24-12-6-4-10-17(14)24/h1-2,4,6,8-10,12-13H,5,11H2,(H,20,25)(H,22,23). The molecule has 1 amide bonds. The SMILES string of the molecule is O=C(NCCC#Cc1cnn2ccccc12)c1nc2ccccc2[nH]1. The van der Waals surface area contributed by atoms with Crippen molar-refractivity contribution >= 4 is 22.5 Å². The van der Waals surface area contributed by atoms with Gasteiger partial charge in [0.05, 0.1) is 28.3 Å². The summed E-state index contributed by atoms with van der Waals surface area (Å²) in [4.78, 5) is 19.4. The minimum absolute atomic E-state index is 0.228. The maximum absolute atomic E-state index is 12.1. The van der Waals surface area contributed by atoms with Crippen LogP contribution in [0, 0.1) is 11.8 Å². The molecule has 0 aliphatic carbocycles. The van der Waals surface area contributed by atoms with E-state index >= 15 is 0 Å². The Morgan fingerprint density at radius 1 is 1.20 bits per heavy atom. The molecule has 3 heterocycles. The van der Waals surface area contributed by atoms with Crippen LogP contribution in [0.1, 0.15) is 22.6 Å². The van der Waals surface area contributed by atoms with E-state index in [9.17, 15) is 4.79 Å². The van der Waals surface area contributed by atoms with E-state index in [1.807, 2.05) is 48.7 Å². The average molecular weight is 329 g/mol. The molecule has 0 unspecified atom stereocenters. The molecule has 0 spiro atoms. The Morgan fingerprint density at radius 3 is 3.00 bits per heavy atom. The number of nitrogens with one attached hydrogen (secondary N) is 2. The topological polar surface area (TPSA) is 75.1 Å². The quantitative estimate of drug-likeness (QED) is 0.448. The van der Waals surface area contributed by atoms with Crippen LogP contribution in [-0.4, -0.2) is 32.0 Å². The van der Waals surface area contributed by atoms with Crippen molar-refractivity contribution in [1.82, 2.24) is 24.9 Å². The van der Waals surface area contributed by atoms with Gasteiger partial charge >= 0.3 is 0 Å². The highest BCUT2D eigenvalue weighted by molar-refractivity contribution is 5.94. The monoisotopic (exact) mass is 329 g/mol. The number of rotatable bonds is 3. The molecule has 6 heteroatoms. The van der Waals surface area contributed by atoms with Gasteiger partial charge in [-0.1, -0.05) is 30.0 Å². The summed E-state index contributed by atoms with van der Waals surface area (Å²) < 4.78 is 1.79. The minimum Gasteiger partial charge on any atom is -0.348 e. The molecule has 0 bridgehead atoms. The Balaban J connectivity index is 1.36. The molecule has 0 aliphatic heterocycles. The molecule has 0 saturated heterocycles. The van der Waals surface area contributed by atoms with Crippen LogP contribution in [0.25, 0.3) is 16.6 Å². The fourth-order valence-corrected chi connectivity index (χ4v) is 2.57. The van der Waals surface area contributed by atoms with E-state index in [-0.39, 0.29) is 5.91 Å². The molecule has 1 aromatic carbocycles. The summed E-state index contributed by atoms with van der Waals surface area (Å²) in [6, 6.07) is 13.4. The van der Waals surface area contributed by atoms with Gasteiger partial charge in [0.15, 0.2) is 5.82 Å². The van der Waals surface area contributed by atoms with E-state index in [0.29, 0.717) is 18.8 Å². The van der Waals surface area contributed by atoms with Gasteiger partial charge in [-0.15, -0.1) is 0 Å². The lowest BCUT2D eigenvalue weighted by atomic mass is 10.2. The van der Waals surface area contributed by atoms with Crippen molar-refractivity contribution in [2.24, 2.45) is 0 Å². The van der Waals surface area contributed by atoms with Gasteiger partial charge in [-0.2, -0.15) is 5.10 Å². The predicted octanol–water partition coefficient (Wildman–Crippen LogP) is 2.38. The Morgan fingerprint density at radius 2 is 2.08 bits per heavy atom. The number of aromatic nitrogens is 4. The van der Waals surface area contributed by atoms with E-state index in [2.05, 4.69) is 32.2 Å². The lowest BCUT2D eigenvalue weighted by Gasteiger charge is -1.98. The summed E-state index contributed by atoms with van der Waals surface area (Å²) in [5, 5.41) is 7.06. The molecule has 0 radical (unpaired) electrons. The highest BCUT2D eigenvalue weighted by Crippen LogP contribution is 2.10. The second-order valence-electron chi connectivity index (χ2n) is 5.50. The molecule has 2 N–H and O–H groups in total. The molecule has 0 saturated carbocycles. The Bertz CT molecular complexity index is 1080. The van der Waals surface area contributed by atoms with Crippen LogP contribution in [0.15, 0.2) is 54.9 Å². The number of H-pyrrole nitrogens is 1. The van der Waals surface area contributed by atoms with E-state index < -0.39 is 0 Å². The van der Waals surface area contributed by atoms with E-state index in [1.54, 1.807) is 10.7 Å². The van der Waals surface area contributed by atoms with Gasteiger partial charge in [0, 0.05) is 19.2 Å². The lowest BCUT2D eigenvalue weighted by molar-refractivity contribution is 0.0945. The predicted molar refractivity (Wildman–Crippen MR) is 95.1 cm³/mol. The second kappa shape index (κ2) is 6.49. The van der Waals surface area contributed by atoms with Crippen LogP contribution in [-0.2, 0) is 0 Å². The highest BCUT2D eigenvalue weighted by Gasteiger charge is 2.09. The molecule has 122 valence electrons. The Kier molecular flexibility index (Phi) is 3.89. The van der Waals surface area contributed by atoms with Crippen LogP contribution in [0.4, 0.5) is 0 Å². The molecule has 0 aliphatic rings. The van der Waals surface area contributed by atoms with Crippen LogP contribution in [0.2, 0.25) is 0 Å². The third-order valence-corrected chi connectivity index (χ3v) is 3.79. The number of carbonyl (C=O) groups excluding carboxylic acids is 1. The molecular formula is C19H15N5O. The Hall–Kier alpha value is -3.59.